The van der Waals surface area contributed by atoms with E-state index in [-0.39, 0.29) is 11.6 Å². The summed E-state index contributed by atoms with van der Waals surface area (Å²) in [7, 11) is 1.58. The maximum Gasteiger partial charge on any atom is 0.280 e. The van der Waals surface area contributed by atoms with E-state index >= 15 is 0 Å². The fourth-order valence-electron chi connectivity index (χ4n) is 3.22. The number of methoxy groups -OCH3 is 1. The first-order valence-corrected chi connectivity index (χ1v) is 10.7. The highest BCUT2D eigenvalue weighted by molar-refractivity contribution is 7.03. The molecule has 0 spiro atoms. The fourth-order valence-corrected chi connectivity index (χ4v) is 3.65. The molecule has 2 aromatic carbocycles. The Morgan fingerprint density at radius 2 is 1.77 bits per heavy atom. The lowest BCUT2D eigenvalue weighted by Crippen LogP contribution is -2.49. The van der Waals surface area contributed by atoms with Crippen LogP contribution in [0, 0.1) is 6.92 Å². The van der Waals surface area contributed by atoms with Gasteiger partial charge in [0.05, 0.1) is 7.11 Å². The molecule has 31 heavy (non-hydrogen) atoms. The number of anilines is 1. The molecule has 162 valence electrons. The molecule has 0 radical (unpaired) electrons. The number of hydrogen-bond donors (Lipinski definition) is 1. The third kappa shape index (κ3) is 5.27. The average molecular weight is 439 g/mol. The van der Waals surface area contributed by atoms with Crippen molar-refractivity contribution < 1.29 is 14.3 Å². The third-order valence-corrected chi connectivity index (χ3v) is 5.11. The van der Waals surface area contributed by atoms with Gasteiger partial charge in [-0.25, -0.2) is 0 Å². The van der Waals surface area contributed by atoms with Crippen molar-refractivity contribution >= 4 is 29.0 Å². The number of amides is 2. The average Bonchev–Trinajstić information content (AvgIpc) is 3.26. The lowest BCUT2D eigenvalue weighted by molar-refractivity contribution is -0.123. The molecule has 1 atom stereocenters. The summed E-state index contributed by atoms with van der Waals surface area (Å²) in [5.41, 5.74) is 1.86. The van der Waals surface area contributed by atoms with E-state index in [1.54, 1.807) is 36.8 Å². The summed E-state index contributed by atoms with van der Waals surface area (Å²) < 4.78 is 9.09. The van der Waals surface area contributed by atoms with Gasteiger partial charge < -0.3 is 10.1 Å². The molecule has 0 bridgehead atoms. The largest absolute Gasteiger partial charge is 0.497 e. The Kier molecular flexibility index (Phi) is 6.70. The van der Waals surface area contributed by atoms with Gasteiger partial charge in [0.1, 0.15) is 11.8 Å². The smallest absolute Gasteiger partial charge is 0.280 e. The van der Waals surface area contributed by atoms with Crippen LogP contribution in [0.25, 0.3) is 0 Å². The van der Waals surface area contributed by atoms with Gasteiger partial charge >= 0.3 is 0 Å². The van der Waals surface area contributed by atoms with E-state index in [1.807, 2.05) is 52.0 Å². The summed E-state index contributed by atoms with van der Waals surface area (Å²) >= 11 is 1.09. The molecule has 3 aromatic rings. The molecule has 0 saturated heterocycles. The number of carbonyl (C=O) groups is 2. The summed E-state index contributed by atoms with van der Waals surface area (Å²) in [6.07, 6.45) is 0. The number of aryl methyl sites for hydroxylation is 1. The van der Waals surface area contributed by atoms with Crippen LogP contribution in [0.3, 0.4) is 0 Å². The van der Waals surface area contributed by atoms with Gasteiger partial charge in [-0.05, 0) is 68.6 Å². The number of carbonyl (C=O) groups excluding carboxylic acids is 2. The van der Waals surface area contributed by atoms with E-state index in [1.165, 1.54) is 4.90 Å². The Morgan fingerprint density at radius 1 is 1.10 bits per heavy atom. The summed E-state index contributed by atoms with van der Waals surface area (Å²) in [4.78, 5) is 28.6. The minimum atomic E-state index is -0.916. The van der Waals surface area contributed by atoms with Crippen LogP contribution in [0.2, 0.25) is 0 Å². The standard InChI is InChI=1S/C23H26N4O3S/c1-15-8-6-7-9-19(15)27(22(29)18-14-31-26-25-18)20(21(28)24-23(2,3)4)16-10-12-17(30-5)13-11-16/h6-14,20H,1-5H3,(H,24,28)/t20-/m1/s1. The molecule has 1 aromatic heterocycles. The second kappa shape index (κ2) is 9.26. The van der Waals surface area contributed by atoms with Crippen molar-refractivity contribution in [2.24, 2.45) is 0 Å². The van der Waals surface area contributed by atoms with Crippen molar-refractivity contribution in [2.45, 2.75) is 39.3 Å². The number of rotatable bonds is 6. The SMILES string of the molecule is COc1ccc([C@H](C(=O)NC(C)(C)C)N(C(=O)c2csnn2)c2ccccc2C)cc1. The van der Waals surface area contributed by atoms with Crippen LogP contribution in [0.4, 0.5) is 5.69 Å². The first-order valence-electron chi connectivity index (χ1n) is 9.83. The van der Waals surface area contributed by atoms with Gasteiger partial charge in [-0.15, -0.1) is 5.10 Å². The second-order valence-electron chi connectivity index (χ2n) is 8.17. The normalized spacial score (nSPS) is 12.2. The van der Waals surface area contributed by atoms with Crippen molar-refractivity contribution in [1.82, 2.24) is 14.9 Å². The van der Waals surface area contributed by atoms with E-state index in [2.05, 4.69) is 14.9 Å². The van der Waals surface area contributed by atoms with E-state index in [0.29, 0.717) is 17.0 Å². The Balaban J connectivity index is 2.19. The summed E-state index contributed by atoms with van der Waals surface area (Å²) in [5, 5.41) is 8.56. The molecule has 2 amide bonds. The van der Waals surface area contributed by atoms with Gasteiger partial charge in [-0.2, -0.15) is 0 Å². The topological polar surface area (TPSA) is 84.4 Å². The quantitative estimate of drug-likeness (QED) is 0.625. The number of nitrogens with zero attached hydrogens (tertiary/aromatic N) is 3. The molecule has 0 aliphatic rings. The maximum absolute atomic E-state index is 13.6. The van der Waals surface area contributed by atoms with Crippen LogP contribution >= 0.6 is 11.5 Å². The Labute approximate surface area is 186 Å². The second-order valence-corrected chi connectivity index (χ2v) is 8.78. The van der Waals surface area contributed by atoms with Gasteiger partial charge in [0.2, 0.25) is 5.91 Å². The molecule has 1 N–H and O–H groups in total. The maximum atomic E-state index is 13.6. The van der Waals surface area contributed by atoms with Gasteiger partial charge in [0.25, 0.3) is 5.91 Å². The highest BCUT2D eigenvalue weighted by atomic mass is 32.1. The molecular weight excluding hydrogens is 412 g/mol. The lowest BCUT2D eigenvalue weighted by Gasteiger charge is -2.34. The fraction of sp³-hybridized carbons (Fsp3) is 0.304. The van der Waals surface area contributed by atoms with Crippen LogP contribution in [0.1, 0.15) is 48.4 Å². The Morgan fingerprint density at radius 3 is 2.32 bits per heavy atom. The number of nitrogens with one attached hydrogen (secondary N) is 1. The predicted molar refractivity (Wildman–Crippen MR) is 122 cm³/mol. The van der Waals surface area contributed by atoms with Gasteiger partial charge in [-0.3, -0.25) is 14.5 Å². The van der Waals surface area contributed by atoms with Crippen molar-refractivity contribution in [2.75, 3.05) is 12.0 Å². The van der Waals surface area contributed by atoms with E-state index in [9.17, 15) is 9.59 Å². The zero-order valence-corrected chi connectivity index (χ0v) is 19.1. The number of hydrogen-bond acceptors (Lipinski definition) is 6. The van der Waals surface area contributed by atoms with Crippen molar-refractivity contribution in [1.29, 1.82) is 0 Å². The van der Waals surface area contributed by atoms with Crippen molar-refractivity contribution in [3.05, 3.63) is 70.7 Å². The number of para-hydroxylation sites is 1. The number of ether oxygens (including phenoxy) is 1. The van der Waals surface area contributed by atoms with E-state index in [0.717, 1.165) is 17.1 Å². The first-order chi connectivity index (χ1) is 14.7. The van der Waals surface area contributed by atoms with Crippen molar-refractivity contribution in [3.63, 3.8) is 0 Å². The predicted octanol–water partition coefficient (Wildman–Crippen LogP) is 4.16. The molecule has 0 fully saturated rings. The van der Waals surface area contributed by atoms with E-state index in [4.69, 9.17) is 4.74 Å². The van der Waals surface area contributed by atoms with Gasteiger partial charge in [-0.1, -0.05) is 34.8 Å². The highest BCUT2D eigenvalue weighted by Crippen LogP contribution is 2.33. The molecule has 0 aliphatic carbocycles. The monoisotopic (exact) mass is 438 g/mol. The van der Waals surface area contributed by atoms with Gasteiger partial charge in [0.15, 0.2) is 5.69 Å². The van der Waals surface area contributed by atoms with Crippen LogP contribution in [-0.4, -0.2) is 34.1 Å². The Hall–Kier alpha value is -3.26. The van der Waals surface area contributed by atoms with Crippen LogP contribution in [0.5, 0.6) is 5.75 Å². The zero-order chi connectivity index (χ0) is 22.6. The Bertz CT molecular complexity index is 1040. The lowest BCUT2D eigenvalue weighted by atomic mass is 9.99. The summed E-state index contributed by atoms with van der Waals surface area (Å²) in [6.45, 7) is 7.61. The third-order valence-electron chi connectivity index (χ3n) is 4.61. The molecule has 3 rings (SSSR count). The molecule has 0 unspecified atom stereocenters. The number of aromatic nitrogens is 2. The molecule has 1 heterocycles. The molecule has 8 heteroatoms. The molecular formula is C23H26N4O3S. The van der Waals surface area contributed by atoms with Crippen LogP contribution in [0.15, 0.2) is 53.9 Å². The molecule has 0 saturated carbocycles. The molecule has 7 nitrogen and oxygen atoms in total. The molecule has 0 aliphatic heterocycles. The minimum absolute atomic E-state index is 0.190. The first kappa shape index (κ1) is 22.4. The summed E-state index contributed by atoms with van der Waals surface area (Å²) in [5.74, 6) is -0.0263. The van der Waals surface area contributed by atoms with Crippen molar-refractivity contribution in [3.8, 4) is 5.75 Å². The minimum Gasteiger partial charge on any atom is -0.497 e. The number of benzene rings is 2. The van der Waals surface area contributed by atoms with Crippen LogP contribution < -0.4 is 15.0 Å². The highest BCUT2D eigenvalue weighted by Gasteiger charge is 2.36. The van der Waals surface area contributed by atoms with E-state index < -0.39 is 17.5 Å². The van der Waals surface area contributed by atoms with Crippen LogP contribution in [-0.2, 0) is 4.79 Å². The van der Waals surface area contributed by atoms with Gasteiger partial charge in [0, 0.05) is 16.6 Å². The summed E-state index contributed by atoms with van der Waals surface area (Å²) in [6, 6.07) is 13.7. The zero-order valence-electron chi connectivity index (χ0n) is 18.2.